The molecule has 1 aromatic rings. The molecule has 7 heteroatoms. The van der Waals surface area contributed by atoms with Gasteiger partial charge in [0.05, 0.1) is 11.4 Å². The number of anilines is 1. The summed E-state index contributed by atoms with van der Waals surface area (Å²) in [7, 11) is -1.87. The number of nitrogens with one attached hydrogen (secondary N) is 1. The van der Waals surface area contributed by atoms with E-state index in [-0.39, 0.29) is 10.8 Å². The lowest BCUT2D eigenvalue weighted by atomic mass is 9.99. The zero-order valence-electron chi connectivity index (χ0n) is 16.1. The lowest BCUT2D eigenvalue weighted by molar-refractivity contribution is -0.117. The first-order valence-electron chi connectivity index (χ1n) is 9.41. The molecule has 1 aliphatic rings. The second-order valence-corrected chi connectivity index (χ2v) is 9.26. The maximum atomic E-state index is 12.5. The number of sulfonamides is 1. The Hall–Kier alpha value is -1.44. The molecule has 1 saturated heterocycles. The smallest absolute Gasteiger partial charge is 0.242 e. The average molecular weight is 382 g/mol. The molecule has 0 aromatic heterocycles. The first kappa shape index (κ1) is 20.9. The van der Waals surface area contributed by atoms with E-state index in [9.17, 15) is 13.2 Å². The highest BCUT2D eigenvalue weighted by atomic mass is 32.2. The van der Waals surface area contributed by atoms with Crippen LogP contribution in [0, 0.1) is 5.92 Å². The van der Waals surface area contributed by atoms with Gasteiger partial charge in [-0.1, -0.05) is 20.3 Å². The van der Waals surface area contributed by atoms with Crippen LogP contribution in [0.15, 0.2) is 29.2 Å². The monoisotopic (exact) mass is 381 g/mol. The molecule has 0 saturated carbocycles. The van der Waals surface area contributed by atoms with Crippen LogP contribution < -0.4 is 5.32 Å². The number of hydrogen-bond donors (Lipinski definition) is 1. The van der Waals surface area contributed by atoms with Gasteiger partial charge in [0.1, 0.15) is 0 Å². The summed E-state index contributed by atoms with van der Waals surface area (Å²) in [5.74, 6) is 0.675. The van der Waals surface area contributed by atoms with Gasteiger partial charge in [0.25, 0.3) is 0 Å². The molecular weight excluding hydrogens is 350 g/mol. The summed E-state index contributed by atoms with van der Waals surface area (Å²) in [6, 6.07) is 6.40. The van der Waals surface area contributed by atoms with Crippen LogP contribution in [-0.2, 0) is 14.8 Å². The van der Waals surface area contributed by atoms with Gasteiger partial charge in [-0.2, -0.15) is 0 Å². The predicted molar refractivity (Wildman–Crippen MR) is 105 cm³/mol. The minimum atomic E-state index is -3.47. The van der Waals surface area contributed by atoms with Gasteiger partial charge in [0, 0.05) is 19.3 Å². The number of unbranched alkanes of at least 4 members (excludes halogenated alkanes) is 1. The van der Waals surface area contributed by atoms with Crippen molar-refractivity contribution in [2.24, 2.45) is 5.92 Å². The number of hydrogen-bond acceptors (Lipinski definition) is 4. The van der Waals surface area contributed by atoms with Crippen molar-refractivity contribution >= 4 is 21.6 Å². The van der Waals surface area contributed by atoms with Gasteiger partial charge in [-0.3, -0.25) is 9.69 Å². The molecule has 1 fully saturated rings. The molecule has 26 heavy (non-hydrogen) atoms. The largest absolute Gasteiger partial charge is 0.325 e. The second kappa shape index (κ2) is 9.48. The SMILES string of the molecule is CCCCN(C)S(=O)(=O)c1ccc(NC(=O)CN2CCC(C)CC2)cc1. The number of rotatable bonds is 8. The van der Waals surface area contributed by atoms with Gasteiger partial charge in [-0.15, -0.1) is 0 Å². The van der Waals surface area contributed by atoms with Crippen LogP contribution in [0.4, 0.5) is 5.69 Å². The van der Waals surface area contributed by atoms with E-state index >= 15 is 0 Å². The van der Waals surface area contributed by atoms with Crippen molar-refractivity contribution in [1.82, 2.24) is 9.21 Å². The molecule has 0 unspecified atom stereocenters. The van der Waals surface area contributed by atoms with Gasteiger partial charge in [0.15, 0.2) is 0 Å². The van der Waals surface area contributed by atoms with E-state index in [0.29, 0.717) is 18.8 Å². The highest BCUT2D eigenvalue weighted by Gasteiger charge is 2.21. The Labute approximate surface area is 157 Å². The highest BCUT2D eigenvalue weighted by Crippen LogP contribution is 2.19. The van der Waals surface area contributed by atoms with Crippen LogP contribution in [0.25, 0.3) is 0 Å². The molecule has 0 spiro atoms. The summed E-state index contributed by atoms with van der Waals surface area (Å²) in [5.41, 5.74) is 0.621. The standard InChI is InChI=1S/C19H31N3O3S/c1-4-5-12-21(3)26(24,25)18-8-6-17(7-9-18)20-19(23)15-22-13-10-16(2)11-14-22/h6-9,16H,4-5,10-15H2,1-3H3,(H,20,23). The molecule has 6 nitrogen and oxygen atoms in total. The molecule has 0 aliphatic carbocycles. The lowest BCUT2D eigenvalue weighted by Gasteiger charge is -2.29. The van der Waals surface area contributed by atoms with Crippen molar-refractivity contribution in [3.8, 4) is 0 Å². The fourth-order valence-corrected chi connectivity index (χ4v) is 4.22. The van der Waals surface area contributed by atoms with Gasteiger partial charge in [0.2, 0.25) is 15.9 Å². The van der Waals surface area contributed by atoms with Gasteiger partial charge in [-0.05, 0) is 62.5 Å². The van der Waals surface area contributed by atoms with Crippen LogP contribution in [0.2, 0.25) is 0 Å². The van der Waals surface area contributed by atoms with Crippen molar-refractivity contribution in [3.63, 3.8) is 0 Å². The molecule has 0 bridgehead atoms. The Bertz CT molecular complexity index is 680. The minimum absolute atomic E-state index is 0.0600. The van der Waals surface area contributed by atoms with Crippen molar-refractivity contribution in [2.75, 3.05) is 38.5 Å². The number of amides is 1. The topological polar surface area (TPSA) is 69.7 Å². The zero-order chi connectivity index (χ0) is 19.2. The van der Waals surface area contributed by atoms with E-state index in [1.165, 1.54) is 4.31 Å². The molecular formula is C19H31N3O3S. The number of carbonyl (C=O) groups is 1. The van der Waals surface area contributed by atoms with Gasteiger partial charge < -0.3 is 5.32 Å². The first-order valence-corrected chi connectivity index (χ1v) is 10.9. The van der Waals surface area contributed by atoms with Gasteiger partial charge in [-0.25, -0.2) is 12.7 Å². The maximum absolute atomic E-state index is 12.5. The number of nitrogens with zero attached hydrogens (tertiary/aromatic N) is 2. The Morgan fingerprint density at radius 2 is 1.85 bits per heavy atom. The lowest BCUT2D eigenvalue weighted by Crippen LogP contribution is -2.38. The number of carbonyl (C=O) groups excluding carboxylic acids is 1. The number of benzene rings is 1. The van der Waals surface area contributed by atoms with Crippen LogP contribution in [0.1, 0.15) is 39.5 Å². The van der Waals surface area contributed by atoms with Crippen LogP contribution in [0.5, 0.6) is 0 Å². The third-order valence-electron chi connectivity index (χ3n) is 4.92. The molecule has 1 aliphatic heterocycles. The molecule has 0 atom stereocenters. The summed E-state index contributed by atoms with van der Waals surface area (Å²) >= 11 is 0. The minimum Gasteiger partial charge on any atom is -0.325 e. The van der Waals surface area contributed by atoms with Gasteiger partial charge >= 0.3 is 0 Å². The van der Waals surface area contributed by atoms with Crippen molar-refractivity contribution < 1.29 is 13.2 Å². The molecule has 1 heterocycles. The third-order valence-corrected chi connectivity index (χ3v) is 6.79. The van der Waals surface area contributed by atoms with E-state index in [0.717, 1.165) is 44.7 Å². The summed E-state index contributed by atoms with van der Waals surface area (Å²) in [4.78, 5) is 14.6. The van der Waals surface area contributed by atoms with Crippen molar-refractivity contribution in [3.05, 3.63) is 24.3 Å². The molecule has 1 N–H and O–H groups in total. The normalized spacial score (nSPS) is 16.8. The molecule has 0 radical (unpaired) electrons. The van der Waals surface area contributed by atoms with Crippen molar-refractivity contribution in [1.29, 1.82) is 0 Å². The Balaban J connectivity index is 1.91. The molecule has 1 aromatic carbocycles. The van der Waals surface area contributed by atoms with E-state index in [4.69, 9.17) is 0 Å². The summed E-state index contributed by atoms with van der Waals surface area (Å²) in [6.07, 6.45) is 4.04. The van der Waals surface area contributed by atoms with Crippen LogP contribution in [0.3, 0.4) is 0 Å². The zero-order valence-corrected chi connectivity index (χ0v) is 16.9. The predicted octanol–water partition coefficient (Wildman–Crippen LogP) is 2.78. The summed E-state index contributed by atoms with van der Waals surface area (Å²) in [5, 5.41) is 2.85. The van der Waals surface area contributed by atoms with Crippen LogP contribution >= 0.6 is 0 Å². The number of piperidine rings is 1. The van der Waals surface area contributed by atoms with Crippen molar-refractivity contribution in [2.45, 2.75) is 44.4 Å². The van der Waals surface area contributed by atoms with E-state index < -0.39 is 10.0 Å². The Morgan fingerprint density at radius 3 is 2.42 bits per heavy atom. The Kier molecular flexibility index (Phi) is 7.61. The first-order chi connectivity index (χ1) is 12.3. The second-order valence-electron chi connectivity index (χ2n) is 7.21. The fraction of sp³-hybridized carbons (Fsp3) is 0.632. The third kappa shape index (κ3) is 5.79. The summed E-state index contributed by atoms with van der Waals surface area (Å²) < 4.78 is 26.4. The molecule has 146 valence electrons. The average Bonchev–Trinajstić information content (AvgIpc) is 2.62. The highest BCUT2D eigenvalue weighted by molar-refractivity contribution is 7.89. The van der Waals surface area contributed by atoms with E-state index in [1.807, 2.05) is 6.92 Å². The molecule has 2 rings (SSSR count). The maximum Gasteiger partial charge on any atom is 0.242 e. The Morgan fingerprint density at radius 1 is 1.23 bits per heavy atom. The summed E-state index contributed by atoms with van der Waals surface area (Å²) in [6.45, 7) is 7.07. The van der Waals surface area contributed by atoms with Crippen LogP contribution in [-0.4, -0.2) is 56.8 Å². The fourth-order valence-electron chi connectivity index (χ4n) is 3.01. The molecule has 1 amide bonds. The van der Waals surface area contributed by atoms with E-state index in [2.05, 4.69) is 17.1 Å². The van der Waals surface area contributed by atoms with E-state index in [1.54, 1.807) is 31.3 Å². The quantitative estimate of drug-likeness (QED) is 0.752. The number of likely N-dealkylation sites (tertiary alicyclic amines) is 1.